The number of likely N-dealkylation sites (N-methyl/N-ethyl adjacent to an activating group) is 2. The molecule has 0 aromatic rings. The minimum absolute atomic E-state index is 0.0205. The molecule has 0 aromatic heterocycles. The lowest BCUT2D eigenvalue weighted by Crippen LogP contribution is -2.37. The predicted molar refractivity (Wildman–Crippen MR) is 113 cm³/mol. The lowest BCUT2D eigenvalue weighted by molar-refractivity contribution is -0.141. The number of hydrogen-bond donors (Lipinski definition) is 0. The highest BCUT2D eigenvalue weighted by Gasteiger charge is 2.17. The van der Waals surface area contributed by atoms with Crippen molar-refractivity contribution in [1.82, 2.24) is 9.80 Å². The molecule has 5 nitrogen and oxygen atoms in total. The van der Waals surface area contributed by atoms with Crippen molar-refractivity contribution in [2.75, 3.05) is 40.4 Å². The Morgan fingerprint density at radius 2 is 1.11 bits per heavy atom. The first-order valence-electron chi connectivity index (χ1n) is 10.9. The van der Waals surface area contributed by atoms with Crippen LogP contribution < -0.4 is 0 Å². The lowest BCUT2D eigenvalue weighted by Gasteiger charge is -2.24. The SMILES string of the molecule is CCCCC(CC)CN(C)C(=O)COCC(=O)N(C)CC(CC)CCCC. The van der Waals surface area contributed by atoms with Gasteiger partial charge in [-0.05, 0) is 24.7 Å². The largest absolute Gasteiger partial charge is 0.362 e. The Morgan fingerprint density at radius 3 is 1.41 bits per heavy atom. The van der Waals surface area contributed by atoms with Crippen LogP contribution in [0.2, 0.25) is 0 Å². The number of nitrogens with zero attached hydrogens (tertiary/aromatic N) is 2. The molecule has 0 aliphatic rings. The highest BCUT2D eigenvalue weighted by atomic mass is 16.5. The molecule has 0 heterocycles. The van der Waals surface area contributed by atoms with Crippen LogP contribution in [0.4, 0.5) is 0 Å². The molecule has 2 unspecified atom stereocenters. The summed E-state index contributed by atoms with van der Waals surface area (Å²) in [6.45, 7) is 10.2. The van der Waals surface area contributed by atoms with Gasteiger partial charge in [-0.3, -0.25) is 9.59 Å². The second-order valence-electron chi connectivity index (χ2n) is 7.87. The fourth-order valence-electron chi connectivity index (χ4n) is 3.26. The van der Waals surface area contributed by atoms with Crippen molar-refractivity contribution in [3.63, 3.8) is 0 Å². The third-order valence-corrected chi connectivity index (χ3v) is 5.45. The molecule has 0 bridgehead atoms. The number of carbonyl (C=O) groups excluding carboxylic acids is 2. The van der Waals surface area contributed by atoms with E-state index in [0.717, 1.165) is 38.8 Å². The van der Waals surface area contributed by atoms with Crippen LogP contribution >= 0.6 is 0 Å². The number of rotatable bonds is 16. The molecule has 0 saturated carbocycles. The maximum Gasteiger partial charge on any atom is 0.248 e. The summed E-state index contributed by atoms with van der Waals surface area (Å²) in [4.78, 5) is 28.0. The van der Waals surface area contributed by atoms with Crippen molar-refractivity contribution in [3.8, 4) is 0 Å². The van der Waals surface area contributed by atoms with Crippen LogP contribution in [0.15, 0.2) is 0 Å². The lowest BCUT2D eigenvalue weighted by atomic mass is 9.99. The highest BCUT2D eigenvalue weighted by molar-refractivity contribution is 5.79. The topological polar surface area (TPSA) is 49.9 Å². The Hall–Kier alpha value is -1.10. The molecule has 2 atom stereocenters. The van der Waals surface area contributed by atoms with Crippen molar-refractivity contribution in [2.45, 2.75) is 79.1 Å². The molecule has 0 saturated heterocycles. The average molecular weight is 385 g/mol. The second kappa shape index (κ2) is 15.9. The number of amides is 2. The van der Waals surface area contributed by atoms with Crippen LogP contribution in [0.25, 0.3) is 0 Å². The maximum atomic E-state index is 12.2. The fourth-order valence-corrected chi connectivity index (χ4v) is 3.26. The van der Waals surface area contributed by atoms with Gasteiger partial charge in [-0.25, -0.2) is 0 Å². The van der Waals surface area contributed by atoms with E-state index in [1.54, 1.807) is 9.80 Å². The van der Waals surface area contributed by atoms with Crippen LogP contribution in [0.3, 0.4) is 0 Å². The fraction of sp³-hybridized carbons (Fsp3) is 0.909. The molecule has 0 spiro atoms. The standard InChI is InChI=1S/C22H44N2O3/c1-7-11-13-19(9-3)15-23(5)21(25)17-27-18-22(26)24(6)16-20(10-4)14-12-8-2/h19-20H,7-18H2,1-6H3. The summed E-state index contributed by atoms with van der Waals surface area (Å²) >= 11 is 0. The van der Waals surface area contributed by atoms with Gasteiger partial charge in [-0.15, -0.1) is 0 Å². The summed E-state index contributed by atoms with van der Waals surface area (Å²) in [5.74, 6) is 0.992. The minimum atomic E-state index is -0.0465. The predicted octanol–water partition coefficient (Wildman–Crippen LogP) is 4.35. The molecule has 27 heavy (non-hydrogen) atoms. The van der Waals surface area contributed by atoms with Gasteiger partial charge in [0.25, 0.3) is 0 Å². The Bertz CT molecular complexity index is 365. The molecular formula is C22H44N2O3. The molecule has 0 radical (unpaired) electrons. The smallest absolute Gasteiger partial charge is 0.248 e. The van der Waals surface area contributed by atoms with Gasteiger partial charge in [0, 0.05) is 27.2 Å². The third kappa shape index (κ3) is 12.1. The summed E-state index contributed by atoms with van der Waals surface area (Å²) in [5, 5.41) is 0. The van der Waals surface area contributed by atoms with Crippen molar-refractivity contribution < 1.29 is 14.3 Å². The van der Waals surface area contributed by atoms with Gasteiger partial charge in [0.05, 0.1) is 0 Å². The number of ether oxygens (including phenoxy) is 1. The minimum Gasteiger partial charge on any atom is -0.362 e. The van der Waals surface area contributed by atoms with E-state index >= 15 is 0 Å². The Morgan fingerprint density at radius 1 is 0.741 bits per heavy atom. The first-order chi connectivity index (χ1) is 12.9. The second-order valence-corrected chi connectivity index (χ2v) is 7.87. The van der Waals surface area contributed by atoms with Crippen molar-refractivity contribution >= 4 is 11.8 Å². The third-order valence-electron chi connectivity index (χ3n) is 5.45. The number of unbranched alkanes of at least 4 members (excludes halogenated alkanes) is 2. The molecule has 0 N–H and O–H groups in total. The zero-order valence-corrected chi connectivity index (χ0v) is 18.8. The van der Waals surface area contributed by atoms with Gasteiger partial charge in [-0.2, -0.15) is 0 Å². The van der Waals surface area contributed by atoms with Gasteiger partial charge in [0.1, 0.15) is 13.2 Å². The number of hydrogen-bond acceptors (Lipinski definition) is 3. The molecule has 0 aliphatic heterocycles. The molecule has 160 valence electrons. The zero-order chi connectivity index (χ0) is 20.7. The molecule has 0 fully saturated rings. The van der Waals surface area contributed by atoms with E-state index in [9.17, 15) is 9.59 Å². The van der Waals surface area contributed by atoms with Crippen molar-refractivity contribution in [2.24, 2.45) is 11.8 Å². The monoisotopic (exact) mass is 384 g/mol. The van der Waals surface area contributed by atoms with Crippen LogP contribution in [0, 0.1) is 11.8 Å². The van der Waals surface area contributed by atoms with Gasteiger partial charge < -0.3 is 14.5 Å². The molecule has 0 aromatic carbocycles. The van der Waals surface area contributed by atoms with E-state index in [0.29, 0.717) is 11.8 Å². The van der Waals surface area contributed by atoms with E-state index in [1.165, 1.54) is 25.7 Å². The molecular weight excluding hydrogens is 340 g/mol. The first kappa shape index (κ1) is 25.9. The van der Waals surface area contributed by atoms with Crippen molar-refractivity contribution in [3.05, 3.63) is 0 Å². The zero-order valence-electron chi connectivity index (χ0n) is 18.8. The Kier molecular flexibility index (Phi) is 15.3. The van der Waals surface area contributed by atoms with E-state index in [4.69, 9.17) is 4.74 Å². The summed E-state index contributed by atoms with van der Waals surface area (Å²) in [5.41, 5.74) is 0. The van der Waals surface area contributed by atoms with Gasteiger partial charge in [0.2, 0.25) is 11.8 Å². The molecule has 2 amide bonds. The van der Waals surface area contributed by atoms with E-state index in [2.05, 4.69) is 27.7 Å². The van der Waals surface area contributed by atoms with Crippen molar-refractivity contribution in [1.29, 1.82) is 0 Å². The van der Waals surface area contributed by atoms with Crippen LogP contribution in [-0.4, -0.2) is 62.0 Å². The van der Waals surface area contributed by atoms with E-state index < -0.39 is 0 Å². The molecule has 0 aliphatic carbocycles. The van der Waals surface area contributed by atoms with Crippen LogP contribution in [-0.2, 0) is 14.3 Å². The van der Waals surface area contributed by atoms with Gasteiger partial charge in [0.15, 0.2) is 0 Å². The van der Waals surface area contributed by atoms with Gasteiger partial charge in [-0.1, -0.05) is 66.2 Å². The Balaban J connectivity index is 4.17. The molecule has 5 heteroatoms. The maximum absolute atomic E-state index is 12.2. The quantitative estimate of drug-likeness (QED) is 0.397. The summed E-state index contributed by atoms with van der Waals surface area (Å²) in [6.07, 6.45) is 9.26. The normalized spacial score (nSPS) is 13.3. The number of carbonyl (C=O) groups is 2. The van der Waals surface area contributed by atoms with E-state index in [1.807, 2.05) is 14.1 Å². The van der Waals surface area contributed by atoms with Gasteiger partial charge >= 0.3 is 0 Å². The Labute approximate surface area is 167 Å². The summed E-state index contributed by atoms with van der Waals surface area (Å²) < 4.78 is 5.41. The van der Waals surface area contributed by atoms with Crippen LogP contribution in [0.5, 0.6) is 0 Å². The summed E-state index contributed by atoms with van der Waals surface area (Å²) in [6, 6.07) is 0. The highest BCUT2D eigenvalue weighted by Crippen LogP contribution is 2.14. The first-order valence-corrected chi connectivity index (χ1v) is 10.9. The average Bonchev–Trinajstić information content (AvgIpc) is 2.67. The molecule has 0 rings (SSSR count). The van der Waals surface area contributed by atoms with E-state index in [-0.39, 0.29) is 25.0 Å². The summed E-state index contributed by atoms with van der Waals surface area (Å²) in [7, 11) is 3.65. The van der Waals surface area contributed by atoms with Crippen LogP contribution in [0.1, 0.15) is 79.1 Å².